The maximum Gasteiger partial charge on any atom is 0.334 e. The van der Waals surface area contributed by atoms with Gasteiger partial charge < -0.3 is 14.2 Å². The van der Waals surface area contributed by atoms with Crippen molar-refractivity contribution >= 4 is 28.8 Å². The lowest BCUT2D eigenvalue weighted by Crippen LogP contribution is -2.29. The lowest BCUT2D eigenvalue weighted by molar-refractivity contribution is -0.140. The van der Waals surface area contributed by atoms with Crippen LogP contribution in [0.1, 0.15) is 38.2 Å². The number of rotatable bonds is 4. The first-order valence-corrected chi connectivity index (χ1v) is 11.5. The molecular formula is C28H28O5. The molecule has 0 unspecified atom stereocenters. The quantitative estimate of drug-likeness (QED) is 0.282. The number of allylic oxidation sites excluding steroid dienone is 1. The van der Waals surface area contributed by atoms with E-state index >= 15 is 0 Å². The van der Waals surface area contributed by atoms with Crippen molar-refractivity contribution in [2.75, 3.05) is 6.61 Å². The number of carbonyl (C=O) groups is 2. The zero-order valence-electron chi connectivity index (χ0n) is 18.8. The first kappa shape index (κ1) is 21.7. The molecule has 5 nitrogen and oxygen atoms in total. The Hall–Kier alpha value is -3.18. The van der Waals surface area contributed by atoms with Crippen LogP contribution in [-0.4, -0.2) is 36.4 Å². The Morgan fingerprint density at radius 2 is 2.06 bits per heavy atom. The minimum atomic E-state index is -0.375. The molecule has 2 aromatic rings. The van der Waals surface area contributed by atoms with Crippen molar-refractivity contribution in [3.8, 4) is 0 Å². The van der Waals surface area contributed by atoms with Crippen molar-refractivity contribution in [2.45, 2.75) is 50.4 Å². The summed E-state index contributed by atoms with van der Waals surface area (Å²) in [6.07, 6.45) is 8.19. The average Bonchev–Trinajstić information content (AvgIpc) is 3.41. The van der Waals surface area contributed by atoms with Gasteiger partial charge in [0.25, 0.3) is 0 Å². The van der Waals surface area contributed by atoms with Gasteiger partial charge in [0.05, 0.1) is 5.60 Å². The number of ether oxygens (including phenoxy) is 3. The van der Waals surface area contributed by atoms with Gasteiger partial charge in [-0.2, -0.15) is 0 Å². The molecule has 0 bridgehead atoms. The lowest BCUT2D eigenvalue weighted by atomic mass is 9.84. The third kappa shape index (κ3) is 4.51. The van der Waals surface area contributed by atoms with Gasteiger partial charge in [-0.15, -0.1) is 0 Å². The summed E-state index contributed by atoms with van der Waals surface area (Å²) >= 11 is 0. The van der Waals surface area contributed by atoms with Crippen LogP contribution < -0.4 is 0 Å². The summed E-state index contributed by atoms with van der Waals surface area (Å²) in [6.45, 7) is 6.25. The molecule has 33 heavy (non-hydrogen) atoms. The van der Waals surface area contributed by atoms with E-state index in [4.69, 9.17) is 14.2 Å². The largest absolute Gasteiger partial charge is 0.458 e. The van der Waals surface area contributed by atoms with E-state index in [0.717, 1.165) is 47.6 Å². The highest BCUT2D eigenvalue weighted by molar-refractivity contribution is 5.91. The van der Waals surface area contributed by atoms with E-state index in [1.807, 2.05) is 36.4 Å². The van der Waals surface area contributed by atoms with E-state index in [0.29, 0.717) is 5.57 Å². The van der Waals surface area contributed by atoms with Crippen LogP contribution in [0, 0.1) is 5.92 Å². The van der Waals surface area contributed by atoms with E-state index in [1.165, 1.54) is 6.08 Å². The zero-order valence-corrected chi connectivity index (χ0v) is 18.8. The second-order valence-electron chi connectivity index (χ2n) is 9.34. The van der Waals surface area contributed by atoms with Crippen LogP contribution >= 0.6 is 0 Å². The molecule has 0 saturated carbocycles. The summed E-state index contributed by atoms with van der Waals surface area (Å²) < 4.78 is 17.1. The molecule has 2 heterocycles. The molecule has 0 aromatic heterocycles. The van der Waals surface area contributed by atoms with E-state index in [1.54, 1.807) is 6.08 Å². The van der Waals surface area contributed by atoms with Gasteiger partial charge in [-0.05, 0) is 66.7 Å². The van der Waals surface area contributed by atoms with Crippen molar-refractivity contribution in [3.63, 3.8) is 0 Å². The molecular weight excluding hydrogens is 416 g/mol. The zero-order chi connectivity index (χ0) is 23.0. The van der Waals surface area contributed by atoms with Crippen molar-refractivity contribution in [1.82, 2.24) is 0 Å². The molecule has 2 aromatic carbocycles. The number of hydrogen-bond donors (Lipinski definition) is 0. The van der Waals surface area contributed by atoms with Crippen molar-refractivity contribution in [1.29, 1.82) is 0 Å². The number of esters is 2. The number of epoxide rings is 1. The van der Waals surface area contributed by atoms with Crippen molar-refractivity contribution in [3.05, 3.63) is 77.9 Å². The topological polar surface area (TPSA) is 65.1 Å². The molecule has 2 saturated heterocycles. The van der Waals surface area contributed by atoms with Gasteiger partial charge in [0.2, 0.25) is 0 Å². The summed E-state index contributed by atoms with van der Waals surface area (Å²) in [7, 11) is 0. The van der Waals surface area contributed by atoms with Crippen molar-refractivity contribution < 1.29 is 23.8 Å². The molecule has 0 amide bonds. The molecule has 170 valence electrons. The number of carbonyl (C=O) groups excluding carboxylic acids is 2. The Labute approximate surface area is 193 Å². The summed E-state index contributed by atoms with van der Waals surface area (Å²) in [4.78, 5) is 24.4. The van der Waals surface area contributed by atoms with Gasteiger partial charge in [0.15, 0.2) is 0 Å². The third-order valence-electron chi connectivity index (χ3n) is 7.02. The molecule has 2 aliphatic heterocycles. The molecule has 0 spiro atoms. The molecule has 4 atom stereocenters. The maximum atomic E-state index is 12.4. The Kier molecular flexibility index (Phi) is 5.67. The van der Waals surface area contributed by atoms with Gasteiger partial charge in [-0.25, -0.2) is 9.59 Å². The normalized spacial score (nSPS) is 30.8. The SMILES string of the molecule is C=C1C(=O)O[C@H]2[C@H]1CC/C(COC(=O)/C=C/c1ccc3ccccc3c1)=C\CC[C@@]1(C)O[C@@H]21. The van der Waals surface area contributed by atoms with Gasteiger partial charge >= 0.3 is 11.9 Å². The fourth-order valence-electron chi connectivity index (χ4n) is 4.94. The highest BCUT2D eigenvalue weighted by Gasteiger charge is 2.61. The number of fused-ring (bicyclic) bond motifs is 4. The highest BCUT2D eigenvalue weighted by Crippen LogP contribution is 2.49. The van der Waals surface area contributed by atoms with E-state index in [2.05, 4.69) is 25.6 Å². The number of hydrogen-bond acceptors (Lipinski definition) is 5. The Morgan fingerprint density at radius 1 is 1.24 bits per heavy atom. The monoisotopic (exact) mass is 444 g/mol. The van der Waals surface area contributed by atoms with Gasteiger partial charge in [0, 0.05) is 17.6 Å². The van der Waals surface area contributed by atoms with Crippen LogP contribution in [0.2, 0.25) is 0 Å². The maximum absolute atomic E-state index is 12.4. The standard InChI is InChI=1S/C28H28O5/c1-18-23-13-10-20(6-5-15-28(2)26(33-28)25(23)32-27(18)30)17-31-24(29)14-11-19-9-12-21-7-3-4-8-22(21)16-19/h3-4,6-9,11-12,14,16,23,25-26H,1,5,10,13,15,17H2,2H3/b14-11+,20-6+/t23-,25-,26-,28+/m0/s1. The molecule has 1 aliphatic carbocycles. The molecule has 5 rings (SSSR count). The molecule has 0 radical (unpaired) electrons. The van der Waals surface area contributed by atoms with Crippen LogP contribution in [0.4, 0.5) is 0 Å². The molecule has 2 fully saturated rings. The Balaban J connectivity index is 1.21. The van der Waals surface area contributed by atoms with E-state index < -0.39 is 0 Å². The van der Waals surface area contributed by atoms with Crippen LogP contribution in [0.5, 0.6) is 0 Å². The second kappa shape index (κ2) is 8.64. The fraction of sp³-hybridized carbons (Fsp3) is 0.357. The van der Waals surface area contributed by atoms with Crippen molar-refractivity contribution in [2.24, 2.45) is 5.92 Å². The molecule has 5 heteroatoms. The van der Waals surface area contributed by atoms with Crippen LogP contribution in [0.25, 0.3) is 16.8 Å². The second-order valence-corrected chi connectivity index (χ2v) is 9.34. The Morgan fingerprint density at radius 3 is 2.91 bits per heavy atom. The average molecular weight is 445 g/mol. The smallest absolute Gasteiger partial charge is 0.334 e. The van der Waals surface area contributed by atoms with E-state index in [-0.39, 0.29) is 42.3 Å². The molecule has 3 aliphatic rings. The Bertz CT molecular complexity index is 1180. The van der Waals surface area contributed by atoms with E-state index in [9.17, 15) is 9.59 Å². The summed E-state index contributed by atoms with van der Waals surface area (Å²) in [6, 6.07) is 14.2. The summed E-state index contributed by atoms with van der Waals surface area (Å²) in [5.74, 6) is -0.757. The van der Waals surface area contributed by atoms with Gasteiger partial charge in [-0.1, -0.05) is 49.1 Å². The predicted molar refractivity (Wildman–Crippen MR) is 126 cm³/mol. The van der Waals surface area contributed by atoms with Crippen LogP contribution in [0.3, 0.4) is 0 Å². The van der Waals surface area contributed by atoms with Gasteiger partial charge in [0.1, 0.15) is 18.8 Å². The first-order chi connectivity index (χ1) is 15.9. The summed E-state index contributed by atoms with van der Waals surface area (Å²) in [5, 5.41) is 2.29. The van der Waals surface area contributed by atoms with Crippen LogP contribution in [-0.2, 0) is 23.8 Å². The third-order valence-corrected chi connectivity index (χ3v) is 7.02. The van der Waals surface area contributed by atoms with Gasteiger partial charge in [-0.3, -0.25) is 0 Å². The molecule has 0 N–H and O–H groups in total. The fourth-order valence-corrected chi connectivity index (χ4v) is 4.94. The minimum absolute atomic E-state index is 0.0567. The summed E-state index contributed by atoms with van der Waals surface area (Å²) in [5.41, 5.74) is 2.25. The minimum Gasteiger partial charge on any atom is -0.458 e. The highest BCUT2D eigenvalue weighted by atomic mass is 16.6. The first-order valence-electron chi connectivity index (χ1n) is 11.5. The lowest BCUT2D eigenvalue weighted by Gasteiger charge is -2.20. The number of benzene rings is 2. The van der Waals surface area contributed by atoms with Crippen LogP contribution in [0.15, 0.2) is 72.3 Å². The predicted octanol–water partition coefficient (Wildman–Crippen LogP) is 5.15.